The molecule has 3 rings (SSSR count). The molecule has 0 saturated carbocycles. The van der Waals surface area contributed by atoms with Crippen LogP contribution >= 0.6 is 0 Å². The number of amides is 3. The number of piperidine rings is 1. The van der Waals surface area contributed by atoms with Crippen molar-refractivity contribution in [1.82, 2.24) is 15.5 Å². The molecule has 0 aromatic heterocycles. The standard InChI is InChI=1S/C26H35N3O2/c1-20-9-8-10-21(2)24(20)25(30)29-17-14-22(15-18-29)11-6-7-16-27-26(31)28-19-23-12-4-3-5-13-23/h3-5,8-10,12-13,22H,6-7,11,14-19H2,1-2H3,(H2,27,28,31). The van der Waals surface area contributed by atoms with Gasteiger partial charge in [0.1, 0.15) is 0 Å². The smallest absolute Gasteiger partial charge is 0.315 e. The largest absolute Gasteiger partial charge is 0.339 e. The number of hydrogen-bond acceptors (Lipinski definition) is 2. The lowest BCUT2D eigenvalue weighted by Crippen LogP contribution is -2.39. The second-order valence-corrected chi connectivity index (χ2v) is 8.59. The maximum Gasteiger partial charge on any atom is 0.315 e. The molecule has 1 heterocycles. The normalized spacial score (nSPS) is 14.3. The van der Waals surface area contributed by atoms with Gasteiger partial charge in [-0.3, -0.25) is 4.79 Å². The van der Waals surface area contributed by atoms with Gasteiger partial charge in [0.15, 0.2) is 0 Å². The lowest BCUT2D eigenvalue weighted by atomic mass is 9.91. The van der Waals surface area contributed by atoms with Gasteiger partial charge >= 0.3 is 6.03 Å². The van der Waals surface area contributed by atoms with Crippen LogP contribution in [-0.2, 0) is 6.54 Å². The SMILES string of the molecule is Cc1cccc(C)c1C(=O)N1CCC(CCCCNC(=O)NCc2ccccc2)CC1. The predicted molar refractivity (Wildman–Crippen MR) is 125 cm³/mol. The molecule has 0 spiro atoms. The fraction of sp³-hybridized carbons (Fsp3) is 0.462. The van der Waals surface area contributed by atoms with Crippen molar-refractivity contribution in [3.05, 3.63) is 70.8 Å². The highest BCUT2D eigenvalue weighted by Gasteiger charge is 2.25. The first-order chi connectivity index (χ1) is 15.0. The number of carbonyl (C=O) groups excluding carboxylic acids is 2. The number of aryl methyl sites for hydroxylation is 2. The topological polar surface area (TPSA) is 61.4 Å². The van der Waals surface area contributed by atoms with Crippen molar-refractivity contribution < 1.29 is 9.59 Å². The van der Waals surface area contributed by atoms with E-state index in [0.29, 0.717) is 19.0 Å². The Hall–Kier alpha value is -2.82. The fourth-order valence-corrected chi connectivity index (χ4v) is 4.34. The third-order valence-electron chi connectivity index (χ3n) is 6.22. The second kappa shape index (κ2) is 11.5. The van der Waals surface area contributed by atoms with Crippen LogP contribution in [0.15, 0.2) is 48.5 Å². The van der Waals surface area contributed by atoms with Crippen molar-refractivity contribution in [3.8, 4) is 0 Å². The minimum Gasteiger partial charge on any atom is -0.339 e. The molecule has 1 fully saturated rings. The van der Waals surface area contributed by atoms with Crippen molar-refractivity contribution in [2.75, 3.05) is 19.6 Å². The van der Waals surface area contributed by atoms with Crippen molar-refractivity contribution >= 4 is 11.9 Å². The number of unbranched alkanes of at least 4 members (excludes halogenated alkanes) is 1. The molecule has 0 aliphatic carbocycles. The first-order valence-electron chi connectivity index (χ1n) is 11.5. The van der Waals surface area contributed by atoms with Gasteiger partial charge in [0.25, 0.3) is 5.91 Å². The molecule has 1 aliphatic heterocycles. The molecule has 5 heteroatoms. The third kappa shape index (κ3) is 6.84. The summed E-state index contributed by atoms with van der Waals surface area (Å²) in [6.45, 7) is 6.97. The first kappa shape index (κ1) is 22.9. The molecule has 1 aliphatic rings. The Morgan fingerprint density at radius 1 is 0.903 bits per heavy atom. The zero-order valence-corrected chi connectivity index (χ0v) is 18.8. The van der Waals surface area contributed by atoms with E-state index in [0.717, 1.165) is 61.0 Å². The Kier molecular flexibility index (Phi) is 8.51. The van der Waals surface area contributed by atoms with E-state index < -0.39 is 0 Å². The van der Waals surface area contributed by atoms with Crippen molar-refractivity contribution in [3.63, 3.8) is 0 Å². The number of rotatable bonds is 8. The summed E-state index contributed by atoms with van der Waals surface area (Å²) in [5.41, 5.74) is 4.09. The average Bonchev–Trinajstić information content (AvgIpc) is 2.78. The third-order valence-corrected chi connectivity index (χ3v) is 6.22. The monoisotopic (exact) mass is 421 g/mol. The summed E-state index contributed by atoms with van der Waals surface area (Å²) < 4.78 is 0. The van der Waals surface area contributed by atoms with Gasteiger partial charge in [-0.15, -0.1) is 0 Å². The zero-order valence-electron chi connectivity index (χ0n) is 18.8. The maximum atomic E-state index is 12.9. The van der Waals surface area contributed by atoms with Crippen LogP contribution in [0.25, 0.3) is 0 Å². The van der Waals surface area contributed by atoms with Crippen molar-refractivity contribution in [1.29, 1.82) is 0 Å². The summed E-state index contributed by atoms with van der Waals surface area (Å²) in [6, 6.07) is 15.8. The Labute approximate surface area is 186 Å². The summed E-state index contributed by atoms with van der Waals surface area (Å²) in [5.74, 6) is 0.855. The molecule has 1 saturated heterocycles. The maximum absolute atomic E-state index is 12.9. The summed E-state index contributed by atoms with van der Waals surface area (Å²) in [7, 11) is 0. The summed E-state index contributed by atoms with van der Waals surface area (Å²) in [5, 5.41) is 5.83. The minimum absolute atomic E-state index is 0.109. The van der Waals surface area contributed by atoms with Crippen LogP contribution < -0.4 is 10.6 Å². The van der Waals surface area contributed by atoms with Crippen LogP contribution in [0.4, 0.5) is 4.79 Å². The number of nitrogens with one attached hydrogen (secondary N) is 2. The Balaban J connectivity index is 1.28. The number of nitrogens with zero attached hydrogens (tertiary/aromatic N) is 1. The quantitative estimate of drug-likeness (QED) is 0.600. The Morgan fingerprint density at radius 3 is 2.26 bits per heavy atom. The van der Waals surface area contributed by atoms with E-state index in [1.165, 1.54) is 6.42 Å². The van der Waals surface area contributed by atoms with E-state index in [-0.39, 0.29) is 11.9 Å². The molecule has 0 bridgehead atoms. The molecular formula is C26H35N3O2. The molecule has 5 nitrogen and oxygen atoms in total. The minimum atomic E-state index is -0.109. The zero-order chi connectivity index (χ0) is 22.1. The van der Waals surface area contributed by atoms with E-state index in [9.17, 15) is 9.59 Å². The highest BCUT2D eigenvalue weighted by atomic mass is 16.2. The molecule has 2 aromatic rings. The molecule has 0 unspecified atom stereocenters. The van der Waals surface area contributed by atoms with Gasteiger partial charge in [0, 0.05) is 31.7 Å². The molecular weight excluding hydrogens is 386 g/mol. The molecule has 2 aromatic carbocycles. The lowest BCUT2D eigenvalue weighted by Gasteiger charge is -2.32. The van der Waals surface area contributed by atoms with Crippen LogP contribution in [0.2, 0.25) is 0 Å². The van der Waals surface area contributed by atoms with Gasteiger partial charge in [-0.1, -0.05) is 61.4 Å². The number of hydrogen-bond donors (Lipinski definition) is 2. The van der Waals surface area contributed by atoms with E-state index in [4.69, 9.17) is 0 Å². The first-order valence-corrected chi connectivity index (χ1v) is 11.5. The number of benzene rings is 2. The highest BCUT2D eigenvalue weighted by Crippen LogP contribution is 2.25. The van der Waals surface area contributed by atoms with Crippen LogP contribution in [0, 0.1) is 19.8 Å². The predicted octanol–water partition coefficient (Wildman–Crippen LogP) is 4.83. The Morgan fingerprint density at radius 2 is 1.58 bits per heavy atom. The van der Waals surface area contributed by atoms with Crippen molar-refractivity contribution in [2.45, 2.75) is 52.5 Å². The molecule has 2 N–H and O–H groups in total. The van der Waals surface area contributed by atoms with E-state index >= 15 is 0 Å². The average molecular weight is 422 g/mol. The van der Waals surface area contributed by atoms with Gasteiger partial charge in [-0.2, -0.15) is 0 Å². The van der Waals surface area contributed by atoms with Crippen LogP contribution in [0.5, 0.6) is 0 Å². The molecule has 166 valence electrons. The number of likely N-dealkylation sites (tertiary alicyclic amines) is 1. The number of carbonyl (C=O) groups is 2. The summed E-state index contributed by atoms with van der Waals surface area (Å²) in [6.07, 6.45) is 5.40. The lowest BCUT2D eigenvalue weighted by molar-refractivity contribution is 0.0684. The van der Waals surface area contributed by atoms with Crippen LogP contribution in [0.3, 0.4) is 0 Å². The molecule has 31 heavy (non-hydrogen) atoms. The van der Waals surface area contributed by atoms with Gasteiger partial charge in [0.05, 0.1) is 0 Å². The van der Waals surface area contributed by atoms with E-state index in [2.05, 4.69) is 10.6 Å². The summed E-state index contributed by atoms with van der Waals surface area (Å²) in [4.78, 5) is 26.8. The number of urea groups is 1. The van der Waals surface area contributed by atoms with E-state index in [1.54, 1.807) is 0 Å². The van der Waals surface area contributed by atoms with Gasteiger partial charge in [-0.05, 0) is 55.7 Å². The fourth-order valence-electron chi connectivity index (χ4n) is 4.34. The van der Waals surface area contributed by atoms with Gasteiger partial charge < -0.3 is 15.5 Å². The van der Waals surface area contributed by atoms with E-state index in [1.807, 2.05) is 67.3 Å². The highest BCUT2D eigenvalue weighted by molar-refractivity contribution is 5.97. The summed E-state index contributed by atoms with van der Waals surface area (Å²) >= 11 is 0. The Bertz CT molecular complexity index is 838. The molecule has 3 amide bonds. The second-order valence-electron chi connectivity index (χ2n) is 8.59. The molecule has 0 atom stereocenters. The van der Waals surface area contributed by atoms with Crippen LogP contribution in [0.1, 0.15) is 59.2 Å². The van der Waals surface area contributed by atoms with Crippen LogP contribution in [-0.4, -0.2) is 36.5 Å². The van der Waals surface area contributed by atoms with Gasteiger partial charge in [-0.25, -0.2) is 4.79 Å². The molecule has 0 radical (unpaired) electrons. The van der Waals surface area contributed by atoms with Crippen molar-refractivity contribution in [2.24, 2.45) is 5.92 Å². The van der Waals surface area contributed by atoms with Gasteiger partial charge in [0.2, 0.25) is 0 Å².